The highest BCUT2D eigenvalue weighted by atomic mass is 16.5. The third-order valence-electron chi connectivity index (χ3n) is 3.06. The van der Waals surface area contributed by atoms with Crippen LogP contribution in [0, 0.1) is 6.92 Å². The quantitative estimate of drug-likeness (QED) is 0.906. The first-order chi connectivity index (χ1) is 9.11. The maximum atomic E-state index is 6.05. The van der Waals surface area contributed by atoms with Crippen molar-refractivity contribution >= 4 is 0 Å². The Bertz CT molecular complexity index is 564. The highest BCUT2D eigenvalue weighted by Crippen LogP contribution is 2.31. The van der Waals surface area contributed by atoms with Crippen LogP contribution in [0.15, 0.2) is 36.5 Å². The van der Waals surface area contributed by atoms with Crippen LogP contribution in [0.1, 0.15) is 36.6 Å². The van der Waals surface area contributed by atoms with Gasteiger partial charge in [-0.25, -0.2) is 0 Å². The lowest BCUT2D eigenvalue weighted by molar-refractivity contribution is 0.466. The SMILES string of the molecule is Cc1cc(Oc2ccccc2C(C)C)c(CN)cn1. The minimum atomic E-state index is 0.417. The molecule has 100 valence electrons. The average Bonchev–Trinajstić information content (AvgIpc) is 2.39. The van der Waals surface area contributed by atoms with Gasteiger partial charge in [-0.3, -0.25) is 4.98 Å². The van der Waals surface area contributed by atoms with Gasteiger partial charge >= 0.3 is 0 Å². The van der Waals surface area contributed by atoms with Crippen molar-refractivity contribution in [3.8, 4) is 11.5 Å². The number of pyridine rings is 1. The zero-order chi connectivity index (χ0) is 13.8. The zero-order valence-corrected chi connectivity index (χ0v) is 11.7. The number of benzene rings is 1. The molecular formula is C16H20N2O. The van der Waals surface area contributed by atoms with E-state index in [-0.39, 0.29) is 0 Å². The molecule has 0 atom stereocenters. The molecule has 3 heteroatoms. The first-order valence-corrected chi connectivity index (χ1v) is 6.54. The van der Waals surface area contributed by atoms with Gasteiger partial charge in [0.15, 0.2) is 0 Å². The molecule has 2 N–H and O–H groups in total. The molecule has 0 aliphatic rings. The number of aryl methyl sites for hydroxylation is 1. The number of aromatic nitrogens is 1. The molecule has 1 heterocycles. The summed E-state index contributed by atoms with van der Waals surface area (Å²) in [6, 6.07) is 10.0. The maximum absolute atomic E-state index is 6.05. The van der Waals surface area contributed by atoms with E-state index in [1.54, 1.807) is 6.20 Å². The van der Waals surface area contributed by atoms with Gasteiger partial charge in [0.25, 0.3) is 0 Å². The molecule has 1 aromatic heterocycles. The molecule has 2 aromatic rings. The highest BCUT2D eigenvalue weighted by Gasteiger charge is 2.10. The molecule has 0 bridgehead atoms. The molecule has 0 spiro atoms. The molecule has 19 heavy (non-hydrogen) atoms. The summed E-state index contributed by atoms with van der Waals surface area (Å²) in [5.74, 6) is 2.10. The molecule has 2 rings (SSSR count). The lowest BCUT2D eigenvalue weighted by atomic mass is 10.0. The lowest BCUT2D eigenvalue weighted by Gasteiger charge is -2.15. The highest BCUT2D eigenvalue weighted by molar-refractivity contribution is 5.42. The van der Waals surface area contributed by atoms with Gasteiger partial charge in [0.2, 0.25) is 0 Å². The Labute approximate surface area is 114 Å². The summed E-state index contributed by atoms with van der Waals surface area (Å²) in [6.07, 6.45) is 1.78. The molecule has 0 aliphatic heterocycles. The molecule has 0 saturated heterocycles. The first-order valence-electron chi connectivity index (χ1n) is 6.54. The second kappa shape index (κ2) is 5.85. The van der Waals surface area contributed by atoms with E-state index in [4.69, 9.17) is 10.5 Å². The fourth-order valence-electron chi connectivity index (χ4n) is 1.98. The van der Waals surface area contributed by atoms with Crippen LogP contribution in [0.2, 0.25) is 0 Å². The predicted molar refractivity (Wildman–Crippen MR) is 77.5 cm³/mol. The van der Waals surface area contributed by atoms with Gasteiger partial charge in [-0.15, -0.1) is 0 Å². The summed E-state index contributed by atoms with van der Waals surface area (Å²) in [5, 5.41) is 0. The lowest BCUT2D eigenvalue weighted by Crippen LogP contribution is -2.02. The second-order valence-corrected chi connectivity index (χ2v) is 4.93. The van der Waals surface area contributed by atoms with Crippen LogP contribution in [0.25, 0.3) is 0 Å². The number of para-hydroxylation sites is 1. The summed E-state index contributed by atoms with van der Waals surface area (Å²) < 4.78 is 6.05. The van der Waals surface area contributed by atoms with Crippen molar-refractivity contribution in [3.05, 3.63) is 53.3 Å². The Kier molecular flexibility index (Phi) is 4.17. The Morgan fingerprint density at radius 2 is 1.95 bits per heavy atom. The number of nitrogens with zero attached hydrogens (tertiary/aromatic N) is 1. The summed E-state index contributed by atoms with van der Waals surface area (Å²) in [4.78, 5) is 4.25. The van der Waals surface area contributed by atoms with Crippen molar-refractivity contribution in [1.82, 2.24) is 4.98 Å². The molecule has 0 aliphatic carbocycles. The van der Waals surface area contributed by atoms with E-state index in [1.807, 2.05) is 31.2 Å². The minimum Gasteiger partial charge on any atom is -0.457 e. The van der Waals surface area contributed by atoms with Crippen LogP contribution in [0.5, 0.6) is 11.5 Å². The van der Waals surface area contributed by atoms with Crippen molar-refractivity contribution in [3.63, 3.8) is 0 Å². The van der Waals surface area contributed by atoms with E-state index in [0.717, 1.165) is 22.8 Å². The van der Waals surface area contributed by atoms with Crippen LogP contribution in [-0.2, 0) is 6.54 Å². The topological polar surface area (TPSA) is 48.1 Å². The zero-order valence-electron chi connectivity index (χ0n) is 11.7. The van der Waals surface area contributed by atoms with Gasteiger partial charge in [-0.1, -0.05) is 32.0 Å². The third-order valence-corrected chi connectivity index (χ3v) is 3.06. The average molecular weight is 256 g/mol. The van der Waals surface area contributed by atoms with Crippen molar-refractivity contribution in [2.24, 2.45) is 5.73 Å². The van der Waals surface area contributed by atoms with E-state index >= 15 is 0 Å². The van der Waals surface area contributed by atoms with Gasteiger partial charge in [-0.05, 0) is 24.5 Å². The van der Waals surface area contributed by atoms with Crippen molar-refractivity contribution < 1.29 is 4.74 Å². The third kappa shape index (κ3) is 3.12. The van der Waals surface area contributed by atoms with E-state index < -0.39 is 0 Å². The van der Waals surface area contributed by atoms with E-state index in [1.165, 1.54) is 5.56 Å². The molecular weight excluding hydrogens is 236 g/mol. The fourth-order valence-corrected chi connectivity index (χ4v) is 1.98. The van der Waals surface area contributed by atoms with Crippen LogP contribution in [-0.4, -0.2) is 4.98 Å². The summed E-state index contributed by atoms with van der Waals surface area (Å²) >= 11 is 0. The van der Waals surface area contributed by atoms with Gasteiger partial charge in [0.05, 0.1) is 0 Å². The largest absolute Gasteiger partial charge is 0.457 e. The number of rotatable bonds is 4. The molecule has 3 nitrogen and oxygen atoms in total. The van der Waals surface area contributed by atoms with E-state index in [9.17, 15) is 0 Å². The number of hydrogen-bond acceptors (Lipinski definition) is 3. The molecule has 1 aromatic carbocycles. The smallest absolute Gasteiger partial charge is 0.135 e. The Hall–Kier alpha value is -1.87. The fraction of sp³-hybridized carbons (Fsp3) is 0.312. The normalized spacial score (nSPS) is 10.8. The maximum Gasteiger partial charge on any atom is 0.135 e. The van der Waals surface area contributed by atoms with Crippen molar-refractivity contribution in [2.75, 3.05) is 0 Å². The van der Waals surface area contributed by atoms with Crippen LogP contribution in [0.3, 0.4) is 0 Å². The number of hydrogen-bond donors (Lipinski definition) is 1. The summed E-state index contributed by atoms with van der Waals surface area (Å²) in [6.45, 7) is 6.68. The number of ether oxygens (including phenoxy) is 1. The van der Waals surface area contributed by atoms with Gasteiger partial charge in [0.1, 0.15) is 11.5 Å². The van der Waals surface area contributed by atoms with Crippen molar-refractivity contribution in [2.45, 2.75) is 33.2 Å². The van der Waals surface area contributed by atoms with E-state index in [0.29, 0.717) is 12.5 Å². The predicted octanol–water partition coefficient (Wildman–Crippen LogP) is 3.76. The Morgan fingerprint density at radius 1 is 1.21 bits per heavy atom. The second-order valence-electron chi connectivity index (χ2n) is 4.93. The minimum absolute atomic E-state index is 0.417. The van der Waals surface area contributed by atoms with Crippen LogP contribution in [0.4, 0.5) is 0 Å². The van der Waals surface area contributed by atoms with Crippen LogP contribution < -0.4 is 10.5 Å². The molecule has 0 radical (unpaired) electrons. The first kappa shape index (κ1) is 13.6. The van der Waals surface area contributed by atoms with Crippen molar-refractivity contribution in [1.29, 1.82) is 0 Å². The summed E-state index contributed by atoms with van der Waals surface area (Å²) in [7, 11) is 0. The molecule has 0 unspecified atom stereocenters. The van der Waals surface area contributed by atoms with Crippen LogP contribution >= 0.6 is 0 Å². The monoisotopic (exact) mass is 256 g/mol. The standard InChI is InChI=1S/C16H20N2O/c1-11(2)14-6-4-5-7-15(14)19-16-8-12(3)18-10-13(16)9-17/h4-8,10-11H,9,17H2,1-3H3. The van der Waals surface area contributed by atoms with Gasteiger partial charge in [0, 0.05) is 30.1 Å². The molecule has 0 fully saturated rings. The van der Waals surface area contributed by atoms with E-state index in [2.05, 4.69) is 24.9 Å². The number of nitrogens with two attached hydrogens (primary N) is 1. The molecule has 0 saturated carbocycles. The summed E-state index contributed by atoms with van der Waals surface area (Å²) in [5.41, 5.74) is 8.77. The Morgan fingerprint density at radius 3 is 2.63 bits per heavy atom. The van der Waals surface area contributed by atoms with Gasteiger partial charge in [-0.2, -0.15) is 0 Å². The van der Waals surface area contributed by atoms with Gasteiger partial charge < -0.3 is 10.5 Å². The Balaban J connectivity index is 2.38. The molecule has 0 amide bonds.